The number of methoxy groups -OCH3 is 1. The molecule has 1 atom stereocenters. The fourth-order valence-electron chi connectivity index (χ4n) is 1.06. The molecule has 0 bridgehead atoms. The van der Waals surface area contributed by atoms with Gasteiger partial charge in [0.25, 0.3) is 0 Å². The average molecular weight is 166 g/mol. The van der Waals surface area contributed by atoms with E-state index in [1.807, 2.05) is 19.3 Å². The zero-order valence-electron chi connectivity index (χ0n) is 7.66. The van der Waals surface area contributed by atoms with Crippen LogP contribution in [0.25, 0.3) is 0 Å². The largest absolute Gasteiger partial charge is 0.496 e. The molecular weight excluding hydrogens is 152 g/mol. The minimum absolute atomic E-state index is 0.272. The van der Waals surface area contributed by atoms with E-state index in [4.69, 9.17) is 4.74 Å². The maximum atomic E-state index is 5.19. The van der Waals surface area contributed by atoms with E-state index in [0.717, 1.165) is 11.3 Å². The van der Waals surface area contributed by atoms with Crippen molar-refractivity contribution in [1.29, 1.82) is 0 Å². The molecule has 0 aliphatic carbocycles. The Bertz CT molecular complexity index is 250. The minimum Gasteiger partial charge on any atom is -0.496 e. The second-order valence-electron chi connectivity index (χ2n) is 2.63. The molecule has 3 nitrogen and oxygen atoms in total. The first-order valence-electron chi connectivity index (χ1n) is 3.94. The van der Waals surface area contributed by atoms with Crippen molar-refractivity contribution >= 4 is 0 Å². The molecule has 1 unspecified atom stereocenters. The van der Waals surface area contributed by atoms with Gasteiger partial charge in [0.15, 0.2) is 0 Å². The van der Waals surface area contributed by atoms with Crippen molar-refractivity contribution in [3.63, 3.8) is 0 Å². The van der Waals surface area contributed by atoms with Crippen LogP contribution >= 0.6 is 0 Å². The van der Waals surface area contributed by atoms with Gasteiger partial charge in [0.2, 0.25) is 0 Å². The highest BCUT2D eigenvalue weighted by molar-refractivity contribution is 5.32. The van der Waals surface area contributed by atoms with Crippen molar-refractivity contribution in [2.24, 2.45) is 0 Å². The summed E-state index contributed by atoms with van der Waals surface area (Å²) in [6, 6.07) is 2.14. The van der Waals surface area contributed by atoms with Gasteiger partial charge in [-0.1, -0.05) is 0 Å². The van der Waals surface area contributed by atoms with Gasteiger partial charge in [-0.25, -0.2) is 0 Å². The highest BCUT2D eigenvalue weighted by Crippen LogP contribution is 2.22. The summed E-state index contributed by atoms with van der Waals surface area (Å²) in [6.45, 7) is 2.07. The third-order valence-electron chi connectivity index (χ3n) is 1.93. The molecule has 1 aromatic rings. The van der Waals surface area contributed by atoms with Crippen molar-refractivity contribution < 1.29 is 4.74 Å². The van der Waals surface area contributed by atoms with E-state index in [9.17, 15) is 0 Å². The number of nitrogens with one attached hydrogen (secondary N) is 1. The van der Waals surface area contributed by atoms with E-state index in [2.05, 4.69) is 17.2 Å². The van der Waals surface area contributed by atoms with Crippen LogP contribution in [0.4, 0.5) is 0 Å². The molecule has 66 valence electrons. The van der Waals surface area contributed by atoms with Crippen LogP contribution in [0.5, 0.6) is 5.75 Å². The second kappa shape index (κ2) is 4.07. The summed E-state index contributed by atoms with van der Waals surface area (Å²) in [5, 5.41) is 3.14. The molecule has 3 heteroatoms. The Morgan fingerprint density at radius 1 is 1.58 bits per heavy atom. The summed E-state index contributed by atoms with van der Waals surface area (Å²) in [4.78, 5) is 4.04. The molecule has 12 heavy (non-hydrogen) atoms. The molecule has 1 aromatic heterocycles. The summed E-state index contributed by atoms with van der Waals surface area (Å²) in [5.74, 6) is 0.881. The fourth-order valence-corrected chi connectivity index (χ4v) is 1.06. The molecule has 0 saturated heterocycles. The fraction of sp³-hybridized carbons (Fsp3) is 0.444. The van der Waals surface area contributed by atoms with Crippen LogP contribution in [-0.2, 0) is 0 Å². The number of ether oxygens (including phenoxy) is 1. The number of pyridine rings is 1. The average Bonchev–Trinajstić information content (AvgIpc) is 2.16. The van der Waals surface area contributed by atoms with E-state index >= 15 is 0 Å². The molecule has 0 radical (unpaired) electrons. The monoisotopic (exact) mass is 166 g/mol. The zero-order chi connectivity index (χ0) is 8.97. The lowest BCUT2D eigenvalue weighted by Crippen LogP contribution is -2.13. The number of hydrogen-bond donors (Lipinski definition) is 1. The van der Waals surface area contributed by atoms with Crippen LogP contribution in [-0.4, -0.2) is 19.1 Å². The van der Waals surface area contributed by atoms with Gasteiger partial charge in [0.05, 0.1) is 7.11 Å². The Hall–Kier alpha value is -1.09. The molecule has 0 amide bonds. The van der Waals surface area contributed by atoms with Crippen LogP contribution < -0.4 is 10.1 Å². The second-order valence-corrected chi connectivity index (χ2v) is 2.63. The Balaban J connectivity index is 2.96. The van der Waals surface area contributed by atoms with E-state index in [-0.39, 0.29) is 6.04 Å². The van der Waals surface area contributed by atoms with E-state index < -0.39 is 0 Å². The molecular formula is C9H14N2O. The van der Waals surface area contributed by atoms with Gasteiger partial charge in [-0.15, -0.1) is 0 Å². The standard InChI is InChI=1S/C9H14N2O/c1-7(10-2)8-6-11-5-4-9(8)12-3/h4-7,10H,1-3H3. The summed E-state index contributed by atoms with van der Waals surface area (Å²) in [7, 11) is 3.58. The smallest absolute Gasteiger partial charge is 0.126 e. The van der Waals surface area contributed by atoms with E-state index in [1.165, 1.54) is 0 Å². The van der Waals surface area contributed by atoms with Crippen molar-refractivity contribution in [2.75, 3.05) is 14.2 Å². The third-order valence-corrected chi connectivity index (χ3v) is 1.93. The molecule has 1 N–H and O–H groups in total. The molecule has 1 heterocycles. The summed E-state index contributed by atoms with van der Waals surface area (Å²) in [6.07, 6.45) is 3.55. The minimum atomic E-state index is 0.272. The lowest BCUT2D eigenvalue weighted by Gasteiger charge is -2.13. The van der Waals surface area contributed by atoms with E-state index in [0.29, 0.717) is 0 Å². The maximum absolute atomic E-state index is 5.19. The highest BCUT2D eigenvalue weighted by Gasteiger charge is 2.07. The van der Waals surface area contributed by atoms with Crippen LogP contribution in [0.2, 0.25) is 0 Å². The number of hydrogen-bond acceptors (Lipinski definition) is 3. The lowest BCUT2D eigenvalue weighted by molar-refractivity contribution is 0.403. The first-order valence-corrected chi connectivity index (χ1v) is 3.94. The molecule has 0 saturated carbocycles. The third kappa shape index (κ3) is 1.74. The molecule has 0 aliphatic rings. The summed E-state index contributed by atoms with van der Waals surface area (Å²) < 4.78 is 5.19. The molecule has 0 spiro atoms. The van der Waals surface area contributed by atoms with Gasteiger partial charge in [-0.3, -0.25) is 4.98 Å². The van der Waals surface area contributed by atoms with Gasteiger partial charge in [0, 0.05) is 24.0 Å². The van der Waals surface area contributed by atoms with Crippen LogP contribution in [0.3, 0.4) is 0 Å². The first-order chi connectivity index (χ1) is 5.79. The zero-order valence-corrected chi connectivity index (χ0v) is 7.66. The summed E-state index contributed by atoms with van der Waals surface area (Å²) in [5.41, 5.74) is 1.09. The van der Waals surface area contributed by atoms with Crippen LogP contribution in [0, 0.1) is 0 Å². The first kappa shape index (κ1) is 9.00. The van der Waals surface area contributed by atoms with Crippen LogP contribution in [0.15, 0.2) is 18.5 Å². The van der Waals surface area contributed by atoms with Gasteiger partial charge >= 0.3 is 0 Å². The molecule has 0 aliphatic heterocycles. The van der Waals surface area contributed by atoms with Gasteiger partial charge in [-0.05, 0) is 20.0 Å². The van der Waals surface area contributed by atoms with E-state index in [1.54, 1.807) is 13.3 Å². The Labute approximate surface area is 72.8 Å². The Morgan fingerprint density at radius 2 is 2.33 bits per heavy atom. The predicted molar refractivity (Wildman–Crippen MR) is 48.3 cm³/mol. The number of nitrogens with zero attached hydrogens (tertiary/aromatic N) is 1. The Kier molecular flexibility index (Phi) is 3.05. The lowest BCUT2D eigenvalue weighted by atomic mass is 10.1. The van der Waals surface area contributed by atoms with Crippen molar-refractivity contribution in [2.45, 2.75) is 13.0 Å². The van der Waals surface area contributed by atoms with Crippen molar-refractivity contribution in [1.82, 2.24) is 10.3 Å². The SMILES string of the molecule is CNC(C)c1cnccc1OC. The van der Waals surface area contributed by atoms with Crippen molar-refractivity contribution in [3.05, 3.63) is 24.0 Å². The van der Waals surface area contributed by atoms with Gasteiger partial charge < -0.3 is 10.1 Å². The quantitative estimate of drug-likeness (QED) is 0.736. The molecule has 1 rings (SSSR count). The maximum Gasteiger partial charge on any atom is 0.126 e. The predicted octanol–water partition coefficient (Wildman–Crippen LogP) is 1.37. The van der Waals surface area contributed by atoms with Gasteiger partial charge in [-0.2, -0.15) is 0 Å². The van der Waals surface area contributed by atoms with Gasteiger partial charge in [0.1, 0.15) is 5.75 Å². The molecule has 0 fully saturated rings. The van der Waals surface area contributed by atoms with Crippen molar-refractivity contribution in [3.8, 4) is 5.75 Å². The number of rotatable bonds is 3. The molecule has 0 aromatic carbocycles. The number of aromatic nitrogens is 1. The summed E-state index contributed by atoms with van der Waals surface area (Å²) >= 11 is 0. The topological polar surface area (TPSA) is 34.2 Å². The van der Waals surface area contributed by atoms with Crippen LogP contribution in [0.1, 0.15) is 18.5 Å². The highest BCUT2D eigenvalue weighted by atomic mass is 16.5. The Morgan fingerprint density at radius 3 is 2.92 bits per heavy atom. The normalized spacial score (nSPS) is 12.6.